The first-order chi connectivity index (χ1) is 8.75. The van der Waals surface area contributed by atoms with Crippen molar-refractivity contribution in [1.29, 1.82) is 0 Å². The first-order valence-electron chi connectivity index (χ1n) is 7.81. The van der Waals surface area contributed by atoms with Gasteiger partial charge in [-0.05, 0) is 38.0 Å². The van der Waals surface area contributed by atoms with Crippen LogP contribution in [0.15, 0.2) is 0 Å². The minimum Gasteiger partial charge on any atom is -0.335 e. The summed E-state index contributed by atoms with van der Waals surface area (Å²) in [4.78, 5) is 14.3. The van der Waals surface area contributed by atoms with E-state index in [1.165, 1.54) is 57.8 Å². The fourth-order valence-corrected chi connectivity index (χ4v) is 3.17. The van der Waals surface area contributed by atoms with Gasteiger partial charge in [0.05, 0.1) is 0 Å². The first-order valence-corrected chi connectivity index (χ1v) is 7.81. The maximum absolute atomic E-state index is 12.2. The molecule has 2 amide bonds. The van der Waals surface area contributed by atoms with Crippen LogP contribution in [0.5, 0.6) is 0 Å². The van der Waals surface area contributed by atoms with Crippen LogP contribution < -0.4 is 5.32 Å². The van der Waals surface area contributed by atoms with Crippen molar-refractivity contribution in [3.8, 4) is 0 Å². The van der Waals surface area contributed by atoms with Crippen molar-refractivity contribution in [2.24, 2.45) is 5.92 Å². The molecule has 2 atom stereocenters. The molecule has 3 heteroatoms. The predicted molar refractivity (Wildman–Crippen MR) is 74.6 cm³/mol. The molecule has 0 spiro atoms. The fourth-order valence-electron chi connectivity index (χ4n) is 3.17. The van der Waals surface area contributed by atoms with E-state index in [2.05, 4.69) is 12.2 Å². The van der Waals surface area contributed by atoms with Crippen molar-refractivity contribution < 1.29 is 4.79 Å². The summed E-state index contributed by atoms with van der Waals surface area (Å²) in [6.07, 6.45) is 11.1. The van der Waals surface area contributed by atoms with Crippen LogP contribution in [0, 0.1) is 5.92 Å². The van der Waals surface area contributed by atoms with Gasteiger partial charge >= 0.3 is 6.03 Å². The molecule has 1 saturated carbocycles. The van der Waals surface area contributed by atoms with Crippen LogP contribution in [0.3, 0.4) is 0 Å². The van der Waals surface area contributed by atoms with E-state index in [4.69, 9.17) is 0 Å². The topological polar surface area (TPSA) is 32.3 Å². The summed E-state index contributed by atoms with van der Waals surface area (Å²) < 4.78 is 0. The highest BCUT2D eigenvalue weighted by molar-refractivity contribution is 5.74. The van der Waals surface area contributed by atoms with Gasteiger partial charge in [-0.25, -0.2) is 4.79 Å². The van der Waals surface area contributed by atoms with Crippen LogP contribution in [-0.4, -0.2) is 30.1 Å². The van der Waals surface area contributed by atoms with Gasteiger partial charge < -0.3 is 10.2 Å². The average Bonchev–Trinajstić information content (AvgIpc) is 2.72. The largest absolute Gasteiger partial charge is 0.335 e. The minimum atomic E-state index is 0.191. The molecule has 0 radical (unpaired) electrons. The van der Waals surface area contributed by atoms with Gasteiger partial charge in [0.2, 0.25) is 0 Å². The summed E-state index contributed by atoms with van der Waals surface area (Å²) in [5, 5.41) is 3.26. The Kier molecular flexibility index (Phi) is 5.33. The van der Waals surface area contributed by atoms with Gasteiger partial charge in [-0.15, -0.1) is 0 Å². The van der Waals surface area contributed by atoms with Crippen molar-refractivity contribution >= 4 is 6.03 Å². The zero-order valence-corrected chi connectivity index (χ0v) is 11.8. The molecule has 2 aliphatic rings. The molecular formula is C15H28N2O. The quantitative estimate of drug-likeness (QED) is 0.711. The summed E-state index contributed by atoms with van der Waals surface area (Å²) in [5.74, 6) is 0.838. The number of rotatable bonds is 1. The van der Waals surface area contributed by atoms with Gasteiger partial charge in [-0.1, -0.05) is 32.6 Å². The highest BCUT2D eigenvalue weighted by Crippen LogP contribution is 2.22. The monoisotopic (exact) mass is 252 g/mol. The number of hydrogen-bond donors (Lipinski definition) is 1. The van der Waals surface area contributed by atoms with Crippen LogP contribution in [0.1, 0.15) is 64.7 Å². The first kappa shape index (κ1) is 13.7. The van der Waals surface area contributed by atoms with Crippen molar-refractivity contribution in [3.63, 3.8) is 0 Å². The highest BCUT2D eigenvalue weighted by Gasteiger charge is 2.21. The summed E-state index contributed by atoms with van der Waals surface area (Å²) in [6.45, 7) is 4.24. The van der Waals surface area contributed by atoms with E-state index in [1.54, 1.807) is 0 Å². The predicted octanol–water partition coefficient (Wildman–Crippen LogP) is 3.54. The summed E-state index contributed by atoms with van der Waals surface area (Å²) in [5.41, 5.74) is 0. The van der Waals surface area contributed by atoms with E-state index in [1.807, 2.05) is 4.90 Å². The lowest BCUT2D eigenvalue weighted by Crippen LogP contribution is -2.45. The van der Waals surface area contributed by atoms with Gasteiger partial charge in [0, 0.05) is 19.1 Å². The molecule has 0 aromatic heterocycles. The van der Waals surface area contributed by atoms with Crippen molar-refractivity contribution in [1.82, 2.24) is 10.2 Å². The SMILES string of the molecule is CC1CCCC(NC(=O)N2CCCCCC2)CC1. The number of likely N-dealkylation sites (tertiary alicyclic amines) is 1. The lowest BCUT2D eigenvalue weighted by molar-refractivity contribution is 0.194. The molecule has 18 heavy (non-hydrogen) atoms. The van der Waals surface area contributed by atoms with E-state index in [0.29, 0.717) is 6.04 Å². The zero-order chi connectivity index (χ0) is 12.8. The Bertz CT molecular complexity index is 259. The number of carbonyl (C=O) groups is 1. The van der Waals surface area contributed by atoms with Gasteiger partial charge in [-0.3, -0.25) is 0 Å². The number of urea groups is 1. The average molecular weight is 252 g/mol. The molecule has 1 aliphatic carbocycles. The maximum Gasteiger partial charge on any atom is 0.317 e. The summed E-state index contributed by atoms with van der Waals surface area (Å²) in [7, 11) is 0. The fraction of sp³-hybridized carbons (Fsp3) is 0.933. The van der Waals surface area contributed by atoms with Crippen LogP contribution in [0.4, 0.5) is 4.79 Å². The zero-order valence-electron chi connectivity index (χ0n) is 11.8. The molecule has 2 rings (SSSR count). The molecule has 1 aliphatic heterocycles. The molecule has 0 aromatic rings. The third-order valence-electron chi connectivity index (χ3n) is 4.48. The molecule has 104 valence electrons. The lowest BCUT2D eigenvalue weighted by atomic mass is 10.0. The number of nitrogens with zero attached hydrogens (tertiary/aromatic N) is 1. The van der Waals surface area contributed by atoms with Gasteiger partial charge in [0.15, 0.2) is 0 Å². The van der Waals surface area contributed by atoms with Gasteiger partial charge in [0.25, 0.3) is 0 Å². The normalized spacial score (nSPS) is 30.4. The van der Waals surface area contributed by atoms with Crippen molar-refractivity contribution in [2.75, 3.05) is 13.1 Å². The van der Waals surface area contributed by atoms with E-state index in [0.717, 1.165) is 19.0 Å². The Hall–Kier alpha value is -0.730. The van der Waals surface area contributed by atoms with E-state index in [9.17, 15) is 4.79 Å². The Morgan fingerprint density at radius 1 is 0.944 bits per heavy atom. The highest BCUT2D eigenvalue weighted by atomic mass is 16.2. The molecule has 0 aromatic carbocycles. The van der Waals surface area contributed by atoms with Crippen molar-refractivity contribution in [3.05, 3.63) is 0 Å². The van der Waals surface area contributed by atoms with E-state index in [-0.39, 0.29) is 6.03 Å². The molecule has 1 heterocycles. The Morgan fingerprint density at radius 3 is 2.39 bits per heavy atom. The maximum atomic E-state index is 12.2. The number of hydrogen-bond acceptors (Lipinski definition) is 1. The van der Waals surface area contributed by atoms with Gasteiger partial charge in [-0.2, -0.15) is 0 Å². The third kappa shape index (κ3) is 4.18. The van der Waals surface area contributed by atoms with Crippen LogP contribution in [0.2, 0.25) is 0 Å². The molecule has 2 fully saturated rings. The third-order valence-corrected chi connectivity index (χ3v) is 4.48. The number of nitrogens with one attached hydrogen (secondary N) is 1. The Morgan fingerprint density at radius 2 is 1.67 bits per heavy atom. The summed E-state index contributed by atoms with van der Waals surface area (Å²) >= 11 is 0. The standard InChI is InChI=1S/C15H28N2O/c1-13-7-6-8-14(10-9-13)16-15(18)17-11-4-2-3-5-12-17/h13-14H,2-12H2,1H3,(H,16,18). The molecule has 1 saturated heterocycles. The van der Waals surface area contributed by atoms with E-state index >= 15 is 0 Å². The van der Waals surface area contributed by atoms with Crippen molar-refractivity contribution in [2.45, 2.75) is 70.8 Å². The minimum absolute atomic E-state index is 0.191. The molecule has 0 bridgehead atoms. The van der Waals surface area contributed by atoms with Crippen LogP contribution >= 0.6 is 0 Å². The second kappa shape index (κ2) is 7.01. The van der Waals surface area contributed by atoms with Crippen LogP contribution in [0.25, 0.3) is 0 Å². The van der Waals surface area contributed by atoms with E-state index < -0.39 is 0 Å². The summed E-state index contributed by atoms with van der Waals surface area (Å²) in [6, 6.07) is 0.613. The molecule has 2 unspecified atom stereocenters. The lowest BCUT2D eigenvalue weighted by Gasteiger charge is -2.24. The molecular weight excluding hydrogens is 224 g/mol. The smallest absolute Gasteiger partial charge is 0.317 e. The number of carbonyl (C=O) groups excluding carboxylic acids is 1. The second-order valence-electron chi connectivity index (χ2n) is 6.16. The van der Waals surface area contributed by atoms with Gasteiger partial charge in [0.1, 0.15) is 0 Å². The Balaban J connectivity index is 1.78. The Labute approximate surface area is 111 Å². The molecule has 3 nitrogen and oxygen atoms in total. The molecule has 1 N–H and O–H groups in total. The second-order valence-corrected chi connectivity index (χ2v) is 6.16. The van der Waals surface area contributed by atoms with Crippen LogP contribution in [-0.2, 0) is 0 Å². The number of amides is 2.